The molecule has 3 N–H and O–H groups in total. The van der Waals surface area contributed by atoms with Gasteiger partial charge < -0.3 is 25.6 Å². The summed E-state index contributed by atoms with van der Waals surface area (Å²) in [7, 11) is 3.66. The molecule has 12 nitrogen and oxygen atoms in total. The fraction of sp³-hybridized carbons (Fsp3) is 0.400. The molecule has 0 atom stereocenters. The number of nitrogens with one attached hydrogen (secondary N) is 3. The Morgan fingerprint density at radius 1 is 1.02 bits per heavy atom. The summed E-state index contributed by atoms with van der Waals surface area (Å²) in [5, 5.41) is 22.8. The Balaban J connectivity index is 1.36. The first-order valence-electron chi connectivity index (χ1n) is 14.3. The highest BCUT2D eigenvalue weighted by Crippen LogP contribution is 2.45. The number of nitrogens with zero attached hydrogens (tertiary/aromatic N) is 7. The van der Waals surface area contributed by atoms with Crippen molar-refractivity contribution in [1.29, 1.82) is 0 Å². The number of fused-ring (bicyclic) bond motifs is 3. The van der Waals surface area contributed by atoms with E-state index in [0.29, 0.717) is 35.7 Å². The molecule has 218 valence electrons. The van der Waals surface area contributed by atoms with Crippen molar-refractivity contribution < 1.29 is 9.53 Å². The predicted molar refractivity (Wildman–Crippen MR) is 162 cm³/mol. The van der Waals surface area contributed by atoms with E-state index in [2.05, 4.69) is 72.7 Å². The summed E-state index contributed by atoms with van der Waals surface area (Å²) < 4.78 is 7.76. The Kier molecular flexibility index (Phi) is 7.46. The lowest BCUT2D eigenvalue weighted by atomic mass is 9.97. The minimum atomic E-state index is -0.338. The predicted octanol–water partition coefficient (Wildman–Crippen LogP) is 4.71. The van der Waals surface area contributed by atoms with Crippen molar-refractivity contribution in [2.24, 2.45) is 0 Å². The normalized spacial score (nSPS) is 14.9. The molecule has 3 aromatic heterocycles. The first kappa shape index (κ1) is 27.6. The van der Waals surface area contributed by atoms with Crippen molar-refractivity contribution in [3.63, 3.8) is 0 Å². The van der Waals surface area contributed by atoms with Crippen molar-refractivity contribution in [3.8, 4) is 11.1 Å². The van der Waals surface area contributed by atoms with Gasteiger partial charge in [0, 0.05) is 56.3 Å². The summed E-state index contributed by atoms with van der Waals surface area (Å²) in [4.78, 5) is 24.1. The Bertz CT molecular complexity index is 1630. The number of anilines is 5. The molecule has 1 saturated heterocycles. The van der Waals surface area contributed by atoms with Gasteiger partial charge in [-0.25, -0.2) is 9.97 Å². The number of amides is 1. The fourth-order valence-electron chi connectivity index (χ4n) is 5.65. The fourth-order valence-corrected chi connectivity index (χ4v) is 5.65. The minimum absolute atomic E-state index is 0.189. The van der Waals surface area contributed by atoms with Crippen molar-refractivity contribution >= 4 is 34.6 Å². The third kappa shape index (κ3) is 5.25. The zero-order valence-electron chi connectivity index (χ0n) is 24.6. The van der Waals surface area contributed by atoms with Crippen molar-refractivity contribution in [3.05, 3.63) is 59.4 Å². The first-order valence-corrected chi connectivity index (χ1v) is 14.3. The number of benzene rings is 1. The van der Waals surface area contributed by atoms with Crippen LogP contribution in [0.5, 0.6) is 0 Å². The van der Waals surface area contributed by atoms with Crippen molar-refractivity contribution in [1.82, 2.24) is 35.3 Å². The number of hydrogen-bond acceptors (Lipinski definition) is 10. The van der Waals surface area contributed by atoms with E-state index >= 15 is 0 Å². The summed E-state index contributed by atoms with van der Waals surface area (Å²) in [6, 6.07) is 10.2. The molecule has 0 saturated carbocycles. The van der Waals surface area contributed by atoms with E-state index in [1.165, 1.54) is 5.69 Å². The van der Waals surface area contributed by atoms with E-state index in [4.69, 9.17) is 9.84 Å². The SMILES string of the molecule is CNC(=O)c1nnc(Nc2cc(C(C)C)nc(C)n2)cc1Nc1cccc2c1N(C)Cc1c-2cnn1C1CCOCC1. The second-order valence-corrected chi connectivity index (χ2v) is 11.1. The average molecular weight is 569 g/mol. The van der Waals surface area contributed by atoms with Gasteiger partial charge in [-0.2, -0.15) is 5.10 Å². The minimum Gasteiger partial charge on any atom is -0.381 e. The van der Waals surface area contributed by atoms with Gasteiger partial charge in [0.1, 0.15) is 11.6 Å². The number of carbonyl (C=O) groups is 1. The third-order valence-electron chi connectivity index (χ3n) is 7.74. The number of aryl methyl sites for hydroxylation is 1. The highest BCUT2D eigenvalue weighted by atomic mass is 16.5. The van der Waals surface area contributed by atoms with Gasteiger partial charge in [0.05, 0.1) is 41.5 Å². The number of hydrogen-bond donors (Lipinski definition) is 3. The molecule has 0 spiro atoms. The van der Waals surface area contributed by atoms with Crippen LogP contribution in [-0.4, -0.2) is 63.2 Å². The number of para-hydroxylation sites is 1. The maximum atomic E-state index is 12.8. The molecule has 1 aromatic carbocycles. The second-order valence-electron chi connectivity index (χ2n) is 11.1. The van der Waals surface area contributed by atoms with Gasteiger partial charge >= 0.3 is 0 Å². The lowest BCUT2D eigenvalue weighted by molar-refractivity contribution is 0.0654. The molecule has 5 heterocycles. The summed E-state index contributed by atoms with van der Waals surface area (Å²) in [5.74, 6) is 1.64. The summed E-state index contributed by atoms with van der Waals surface area (Å²) in [5.41, 5.74) is 6.93. The van der Waals surface area contributed by atoms with Crippen LogP contribution in [0.4, 0.5) is 28.7 Å². The van der Waals surface area contributed by atoms with Crippen LogP contribution in [0.15, 0.2) is 36.5 Å². The van der Waals surface area contributed by atoms with Crippen LogP contribution in [0.25, 0.3) is 11.1 Å². The smallest absolute Gasteiger partial charge is 0.273 e. The van der Waals surface area contributed by atoms with Crippen LogP contribution in [0.3, 0.4) is 0 Å². The number of ether oxygens (including phenoxy) is 1. The zero-order valence-corrected chi connectivity index (χ0v) is 24.6. The molecule has 1 amide bonds. The summed E-state index contributed by atoms with van der Waals surface area (Å²) in [6.45, 7) is 8.27. The van der Waals surface area contributed by atoms with Crippen LogP contribution >= 0.6 is 0 Å². The quantitative estimate of drug-likeness (QED) is 0.288. The van der Waals surface area contributed by atoms with Gasteiger partial charge in [-0.05, 0) is 31.7 Å². The van der Waals surface area contributed by atoms with Crippen LogP contribution < -0.4 is 20.9 Å². The van der Waals surface area contributed by atoms with Gasteiger partial charge in [0.2, 0.25) is 0 Å². The van der Waals surface area contributed by atoms with Crippen LogP contribution in [0.1, 0.15) is 66.3 Å². The Morgan fingerprint density at radius 3 is 2.60 bits per heavy atom. The molecular formula is C30H36N10O2. The van der Waals surface area contributed by atoms with Gasteiger partial charge in [0.25, 0.3) is 5.91 Å². The summed E-state index contributed by atoms with van der Waals surface area (Å²) in [6.07, 6.45) is 3.90. The third-order valence-corrected chi connectivity index (χ3v) is 7.74. The molecule has 2 aliphatic heterocycles. The van der Waals surface area contributed by atoms with Crippen LogP contribution in [0, 0.1) is 6.92 Å². The highest BCUT2D eigenvalue weighted by molar-refractivity contribution is 6.00. The van der Waals surface area contributed by atoms with Gasteiger partial charge in [0.15, 0.2) is 11.5 Å². The number of carbonyl (C=O) groups excluding carboxylic acids is 1. The average Bonchev–Trinajstić information content (AvgIpc) is 3.41. The molecule has 42 heavy (non-hydrogen) atoms. The number of rotatable bonds is 7. The monoisotopic (exact) mass is 568 g/mol. The molecule has 6 rings (SSSR count). The molecule has 0 radical (unpaired) electrons. The molecule has 0 unspecified atom stereocenters. The first-order chi connectivity index (χ1) is 20.3. The maximum Gasteiger partial charge on any atom is 0.273 e. The van der Waals surface area contributed by atoms with E-state index in [1.54, 1.807) is 13.1 Å². The topological polar surface area (TPSA) is 135 Å². The van der Waals surface area contributed by atoms with Gasteiger partial charge in [-0.1, -0.05) is 26.0 Å². The zero-order chi connectivity index (χ0) is 29.4. The largest absolute Gasteiger partial charge is 0.381 e. The standard InChI is InChI=1S/C30H36N10O2/c1-17(2)23-13-26(34-18(3)33-23)36-27-14-24(28(38-37-27)30(41)31-4)35-22-8-6-7-20-21-15-32-40(19-9-11-42-12-10-19)25(21)16-39(5)29(20)22/h6-8,13-15,17,19H,9-12,16H2,1-5H3,(H,31,41)(H2,33,34,35,36,37). The van der Waals surface area contributed by atoms with Crippen LogP contribution in [-0.2, 0) is 11.3 Å². The van der Waals surface area contributed by atoms with E-state index in [0.717, 1.165) is 54.3 Å². The molecule has 12 heteroatoms. The Morgan fingerprint density at radius 2 is 1.83 bits per heavy atom. The second kappa shape index (κ2) is 11.4. The lowest BCUT2D eigenvalue weighted by Crippen LogP contribution is -2.28. The molecule has 0 bridgehead atoms. The van der Waals surface area contributed by atoms with Gasteiger partial charge in [-0.3, -0.25) is 9.48 Å². The van der Waals surface area contributed by atoms with Crippen molar-refractivity contribution in [2.45, 2.75) is 52.1 Å². The molecule has 2 aliphatic rings. The van der Waals surface area contributed by atoms with Crippen LogP contribution in [0.2, 0.25) is 0 Å². The van der Waals surface area contributed by atoms with E-state index in [1.807, 2.05) is 31.3 Å². The maximum absolute atomic E-state index is 12.8. The summed E-state index contributed by atoms with van der Waals surface area (Å²) >= 11 is 0. The molecular weight excluding hydrogens is 532 g/mol. The van der Waals surface area contributed by atoms with E-state index in [-0.39, 0.29) is 17.5 Å². The van der Waals surface area contributed by atoms with E-state index in [9.17, 15) is 4.79 Å². The Hall–Kier alpha value is -4.58. The Labute approximate surface area is 244 Å². The molecule has 1 fully saturated rings. The van der Waals surface area contributed by atoms with E-state index < -0.39 is 0 Å². The van der Waals surface area contributed by atoms with Crippen molar-refractivity contribution in [2.75, 3.05) is 42.8 Å². The molecule has 4 aromatic rings. The molecule has 0 aliphatic carbocycles. The van der Waals surface area contributed by atoms with Gasteiger partial charge in [-0.15, -0.1) is 10.2 Å². The lowest BCUT2D eigenvalue weighted by Gasteiger charge is -2.32. The number of aromatic nitrogens is 6. The highest BCUT2D eigenvalue weighted by Gasteiger charge is 2.29.